The van der Waals surface area contributed by atoms with Crippen molar-refractivity contribution in [1.82, 2.24) is 10.2 Å². The fourth-order valence-corrected chi connectivity index (χ4v) is 7.53. The van der Waals surface area contributed by atoms with Gasteiger partial charge in [-0.05, 0) is 0 Å². The fourth-order valence-electron chi connectivity index (χ4n) is 7.53. The number of aliphatic hydroxyl groups is 1. The standard InChI is InChI=1S/C19H28BN3O4/c21-16(24)14-3-12-2-13(12)23(14)17(25)15(22-9-20-27)18-4-10-1-11(5-18)7-19(26,6-10)8-18/h10-15,22,26H,1-9H2,(H2,21,24)/t10?,11?,12?,13?,14-,15+,18?,19?/m0/s1. The minimum atomic E-state index is -0.679. The van der Waals surface area contributed by atoms with Gasteiger partial charge in [-0.25, -0.2) is 0 Å². The molecule has 6 rings (SSSR count). The molecule has 0 aromatic heterocycles. The number of likely N-dealkylation sites (tertiary alicyclic amines) is 1. The molecule has 27 heavy (non-hydrogen) atoms. The van der Waals surface area contributed by atoms with E-state index >= 15 is 0 Å². The van der Waals surface area contributed by atoms with Gasteiger partial charge >= 0.3 is 159 Å². The summed E-state index contributed by atoms with van der Waals surface area (Å²) in [5, 5.41) is 14.3. The Morgan fingerprint density at radius 2 is 1.89 bits per heavy atom. The van der Waals surface area contributed by atoms with Gasteiger partial charge < -0.3 is 0 Å². The van der Waals surface area contributed by atoms with Crippen LogP contribution in [-0.2, 0) is 14.3 Å². The summed E-state index contributed by atoms with van der Waals surface area (Å²) >= 11 is 0. The number of nitrogens with one attached hydrogen (secondary N) is 1. The van der Waals surface area contributed by atoms with Crippen molar-refractivity contribution < 1.29 is 19.4 Å². The number of fused-ring (bicyclic) bond motifs is 1. The number of hydrogen-bond donors (Lipinski definition) is 3. The van der Waals surface area contributed by atoms with Gasteiger partial charge in [0, 0.05) is 0 Å². The number of hydrogen-bond acceptors (Lipinski definition) is 5. The fraction of sp³-hybridized carbons (Fsp3) is 0.895. The third kappa shape index (κ3) is 2.70. The molecule has 5 aliphatic carbocycles. The third-order valence-electron chi connectivity index (χ3n) is 8.03. The summed E-state index contributed by atoms with van der Waals surface area (Å²) in [6, 6.07) is -0.937. The van der Waals surface area contributed by atoms with Crippen LogP contribution in [0, 0.1) is 23.2 Å². The van der Waals surface area contributed by atoms with Crippen LogP contribution in [-0.4, -0.2) is 59.1 Å². The molecule has 2 amide bonds. The van der Waals surface area contributed by atoms with Crippen LogP contribution in [0.1, 0.15) is 51.4 Å². The molecule has 1 heterocycles. The first-order valence-electron chi connectivity index (χ1n) is 10.3. The number of carbonyl (C=O) groups excluding carboxylic acids is 2. The summed E-state index contributed by atoms with van der Waals surface area (Å²) in [6.45, 7) is 0. The zero-order valence-corrected chi connectivity index (χ0v) is 15.6. The van der Waals surface area contributed by atoms with E-state index in [0.717, 1.165) is 45.7 Å². The van der Waals surface area contributed by atoms with E-state index < -0.39 is 23.6 Å². The first kappa shape index (κ1) is 17.8. The molecule has 4 unspecified atom stereocenters. The first-order chi connectivity index (χ1) is 12.8. The van der Waals surface area contributed by atoms with E-state index in [9.17, 15) is 19.4 Å². The summed E-state index contributed by atoms with van der Waals surface area (Å²) in [4.78, 5) is 27.3. The molecule has 6 aliphatic rings. The van der Waals surface area contributed by atoms with Crippen molar-refractivity contribution in [2.24, 2.45) is 28.9 Å². The van der Waals surface area contributed by atoms with E-state index in [0.29, 0.717) is 30.6 Å². The maximum atomic E-state index is 13.7. The molecular formula is C19H28BN3O4. The van der Waals surface area contributed by atoms with Gasteiger partial charge in [0.05, 0.1) is 0 Å². The van der Waals surface area contributed by atoms with E-state index in [2.05, 4.69) is 5.32 Å². The van der Waals surface area contributed by atoms with E-state index in [1.165, 1.54) is 0 Å². The summed E-state index contributed by atoms with van der Waals surface area (Å²) in [5.41, 5.74) is 4.58. The first-order valence-corrected chi connectivity index (χ1v) is 10.3. The topological polar surface area (TPSA) is 113 Å². The third-order valence-corrected chi connectivity index (χ3v) is 8.03. The Morgan fingerprint density at radius 1 is 1.19 bits per heavy atom. The molecule has 5 saturated carbocycles. The molecule has 6 fully saturated rings. The summed E-state index contributed by atoms with van der Waals surface area (Å²) in [6.07, 6.45) is 6.95. The van der Waals surface area contributed by atoms with Gasteiger partial charge in [0.15, 0.2) is 0 Å². The molecule has 1 saturated heterocycles. The molecule has 146 valence electrons. The molecule has 8 heteroatoms. The van der Waals surface area contributed by atoms with Gasteiger partial charge in [0.25, 0.3) is 0 Å². The van der Waals surface area contributed by atoms with Gasteiger partial charge in [-0.15, -0.1) is 0 Å². The van der Waals surface area contributed by atoms with Gasteiger partial charge in [0.1, 0.15) is 0 Å². The Balaban J connectivity index is 1.47. The SMILES string of the molecule is NC(=O)[C@@H]1CC2CC2N1C(=O)[C@@H](NCB=O)C12CC3CC(CC(O)(C3)C1)C2. The Labute approximate surface area is 159 Å². The van der Waals surface area contributed by atoms with Crippen LogP contribution in [0.25, 0.3) is 0 Å². The normalized spacial score (nSPS) is 47.4. The van der Waals surface area contributed by atoms with Crippen LogP contribution < -0.4 is 11.1 Å². The van der Waals surface area contributed by atoms with Gasteiger partial charge in [0.2, 0.25) is 0 Å². The zero-order chi connectivity index (χ0) is 19.0. The molecule has 7 nitrogen and oxygen atoms in total. The molecule has 0 radical (unpaired) electrons. The summed E-state index contributed by atoms with van der Waals surface area (Å²) in [5.74, 6) is 0.760. The quantitative estimate of drug-likeness (QED) is 0.556. The Morgan fingerprint density at radius 3 is 2.48 bits per heavy atom. The number of nitrogens with zero attached hydrogens (tertiary/aromatic N) is 1. The second-order valence-corrected chi connectivity index (χ2v) is 10.0. The van der Waals surface area contributed by atoms with Crippen LogP contribution in [0.4, 0.5) is 0 Å². The van der Waals surface area contributed by atoms with Gasteiger partial charge in [-0.2, -0.15) is 0 Å². The number of nitrogens with two attached hydrogens (primary N) is 1. The van der Waals surface area contributed by atoms with E-state index in [4.69, 9.17) is 5.73 Å². The van der Waals surface area contributed by atoms with E-state index in [1.54, 1.807) is 4.90 Å². The number of rotatable bonds is 6. The molecule has 1 aliphatic heterocycles. The predicted octanol–water partition coefficient (Wildman–Crippen LogP) is -0.242. The minimum absolute atomic E-state index is 0.0869. The van der Waals surface area contributed by atoms with Crippen molar-refractivity contribution in [3.8, 4) is 0 Å². The van der Waals surface area contributed by atoms with Crippen LogP contribution in [0.15, 0.2) is 0 Å². The Kier molecular flexibility index (Phi) is 3.86. The van der Waals surface area contributed by atoms with Crippen molar-refractivity contribution in [2.75, 3.05) is 6.44 Å². The van der Waals surface area contributed by atoms with Crippen molar-refractivity contribution in [2.45, 2.75) is 75.1 Å². The van der Waals surface area contributed by atoms with Crippen molar-refractivity contribution >= 4 is 19.0 Å². The molecule has 4 bridgehead atoms. The van der Waals surface area contributed by atoms with Crippen molar-refractivity contribution in [3.63, 3.8) is 0 Å². The molecule has 0 spiro atoms. The molecule has 0 aromatic rings. The summed E-state index contributed by atoms with van der Waals surface area (Å²) in [7, 11) is 0.783. The summed E-state index contributed by atoms with van der Waals surface area (Å²) < 4.78 is 11.1. The van der Waals surface area contributed by atoms with Crippen LogP contribution in [0.3, 0.4) is 0 Å². The Bertz CT molecular complexity index is 686. The molecule has 6 atom stereocenters. The van der Waals surface area contributed by atoms with E-state index in [-0.39, 0.29) is 23.8 Å². The van der Waals surface area contributed by atoms with Crippen molar-refractivity contribution in [1.29, 1.82) is 0 Å². The predicted molar refractivity (Wildman–Crippen MR) is 96.6 cm³/mol. The number of primary amides is 1. The maximum absolute atomic E-state index is 13.7. The average molecular weight is 373 g/mol. The van der Waals surface area contributed by atoms with Gasteiger partial charge in [-0.3, -0.25) is 0 Å². The van der Waals surface area contributed by atoms with Crippen LogP contribution >= 0.6 is 0 Å². The zero-order valence-electron chi connectivity index (χ0n) is 15.6. The number of amides is 2. The number of carbonyl (C=O) groups is 2. The number of piperidine rings is 1. The second-order valence-electron chi connectivity index (χ2n) is 10.0. The molecule has 0 aromatic carbocycles. The molecule has 4 N–H and O–H groups in total. The average Bonchev–Trinajstić information content (AvgIpc) is 3.22. The van der Waals surface area contributed by atoms with Crippen LogP contribution in [0.2, 0.25) is 0 Å². The van der Waals surface area contributed by atoms with Gasteiger partial charge in [-0.1, -0.05) is 0 Å². The molecular weight excluding hydrogens is 345 g/mol. The van der Waals surface area contributed by atoms with Crippen molar-refractivity contribution in [3.05, 3.63) is 0 Å². The monoisotopic (exact) mass is 373 g/mol. The Hall–Kier alpha value is -1.28. The second kappa shape index (κ2) is 5.86. The van der Waals surface area contributed by atoms with Crippen LogP contribution in [0.5, 0.6) is 0 Å². The van der Waals surface area contributed by atoms with E-state index in [1.807, 2.05) is 0 Å².